The third-order valence-electron chi connectivity index (χ3n) is 2.04. The summed E-state index contributed by atoms with van der Waals surface area (Å²) >= 11 is 11.5. The molecule has 0 radical (unpaired) electrons. The highest BCUT2D eigenvalue weighted by Gasteiger charge is 2.10. The van der Waals surface area contributed by atoms with E-state index in [4.69, 9.17) is 27.6 Å². The topological polar surface area (TPSA) is 50.4 Å². The first-order valence-electron chi connectivity index (χ1n) is 4.35. The van der Waals surface area contributed by atoms with Crippen LogP contribution in [0.5, 0.6) is 5.75 Å². The van der Waals surface area contributed by atoms with Gasteiger partial charge in [-0.15, -0.1) is 0 Å². The van der Waals surface area contributed by atoms with E-state index in [2.05, 4.69) is 0 Å². The van der Waals surface area contributed by atoms with Crippen LogP contribution in [0.2, 0.25) is 10.0 Å². The molecule has 1 N–H and O–H groups in total. The Bertz CT molecular complexity index is 523. The van der Waals surface area contributed by atoms with E-state index in [1.54, 1.807) is 6.07 Å². The molecule has 3 nitrogen and oxygen atoms in total. The van der Waals surface area contributed by atoms with Crippen LogP contribution >= 0.6 is 23.2 Å². The van der Waals surface area contributed by atoms with Gasteiger partial charge in [0.25, 0.3) is 0 Å². The summed E-state index contributed by atoms with van der Waals surface area (Å²) in [6.07, 6.45) is 0.604. The van der Waals surface area contributed by atoms with E-state index >= 15 is 0 Å². The van der Waals surface area contributed by atoms with E-state index in [9.17, 15) is 9.90 Å². The summed E-state index contributed by atoms with van der Waals surface area (Å²) in [4.78, 5) is 10.5. The molecule has 1 aromatic carbocycles. The van der Waals surface area contributed by atoms with Gasteiger partial charge in [-0.05, 0) is 24.3 Å². The molecule has 2 rings (SSSR count). The Labute approximate surface area is 101 Å². The largest absolute Gasteiger partial charge is 0.505 e. The molecule has 82 valence electrons. The van der Waals surface area contributed by atoms with Gasteiger partial charge in [0.2, 0.25) is 0 Å². The summed E-state index contributed by atoms with van der Waals surface area (Å²) in [6.45, 7) is 0. The summed E-state index contributed by atoms with van der Waals surface area (Å²) in [5, 5.41) is 9.64. The van der Waals surface area contributed by atoms with Gasteiger partial charge in [0.05, 0.1) is 10.0 Å². The maximum Gasteiger partial charge on any atom is 0.185 e. The maximum atomic E-state index is 10.5. The lowest BCUT2D eigenvalue weighted by molar-refractivity contribution is 0.110. The molecule has 16 heavy (non-hydrogen) atoms. The van der Waals surface area contributed by atoms with Crippen molar-refractivity contribution in [1.29, 1.82) is 0 Å². The smallest absolute Gasteiger partial charge is 0.185 e. The molecule has 5 heteroatoms. The predicted molar refractivity (Wildman–Crippen MR) is 61.2 cm³/mol. The molecule has 0 saturated heterocycles. The molecule has 0 saturated carbocycles. The van der Waals surface area contributed by atoms with Gasteiger partial charge in [0, 0.05) is 5.56 Å². The molecule has 0 fully saturated rings. The Hall–Kier alpha value is -1.45. The second-order valence-corrected chi connectivity index (χ2v) is 3.92. The van der Waals surface area contributed by atoms with Crippen molar-refractivity contribution >= 4 is 29.5 Å². The number of carbonyl (C=O) groups is 1. The van der Waals surface area contributed by atoms with E-state index in [1.165, 1.54) is 18.2 Å². The summed E-state index contributed by atoms with van der Waals surface area (Å²) in [6, 6.07) is 6.19. The Morgan fingerprint density at radius 2 is 1.81 bits per heavy atom. The molecule has 1 heterocycles. The third-order valence-corrected chi connectivity index (χ3v) is 2.62. The van der Waals surface area contributed by atoms with Crippen LogP contribution in [0.4, 0.5) is 0 Å². The van der Waals surface area contributed by atoms with Gasteiger partial charge in [-0.1, -0.05) is 23.2 Å². The molecule has 0 atom stereocenters. The first-order valence-corrected chi connectivity index (χ1v) is 5.11. The van der Waals surface area contributed by atoms with E-state index in [0.29, 0.717) is 17.6 Å². The molecule has 0 aliphatic rings. The maximum absolute atomic E-state index is 10.5. The molecule has 0 bridgehead atoms. The highest BCUT2D eigenvalue weighted by molar-refractivity contribution is 6.37. The van der Waals surface area contributed by atoms with Crippen molar-refractivity contribution < 1.29 is 14.3 Å². The summed E-state index contributed by atoms with van der Waals surface area (Å²) in [5.41, 5.74) is 0.598. The quantitative estimate of drug-likeness (QED) is 0.833. The van der Waals surface area contributed by atoms with Crippen molar-refractivity contribution in [2.45, 2.75) is 0 Å². The molecule has 2 aromatic rings. The fourth-order valence-corrected chi connectivity index (χ4v) is 1.77. The Balaban J connectivity index is 2.52. The summed E-state index contributed by atoms with van der Waals surface area (Å²) in [7, 11) is 0. The van der Waals surface area contributed by atoms with Crippen LogP contribution in [0.1, 0.15) is 10.6 Å². The zero-order chi connectivity index (χ0) is 11.7. The van der Waals surface area contributed by atoms with E-state index in [0.717, 1.165) is 0 Å². The summed E-state index contributed by atoms with van der Waals surface area (Å²) < 4.78 is 5.20. The van der Waals surface area contributed by atoms with E-state index < -0.39 is 0 Å². The van der Waals surface area contributed by atoms with Gasteiger partial charge in [0.15, 0.2) is 17.8 Å². The number of phenolic OH excluding ortho intramolecular Hbond substituents is 1. The lowest BCUT2D eigenvalue weighted by Gasteiger charge is -2.02. The fourth-order valence-electron chi connectivity index (χ4n) is 1.28. The van der Waals surface area contributed by atoms with Crippen molar-refractivity contribution in [1.82, 2.24) is 0 Å². The van der Waals surface area contributed by atoms with Crippen LogP contribution in [-0.2, 0) is 0 Å². The highest BCUT2D eigenvalue weighted by Crippen LogP contribution is 2.36. The molecular weight excluding hydrogens is 251 g/mol. The average molecular weight is 257 g/mol. The van der Waals surface area contributed by atoms with Gasteiger partial charge < -0.3 is 9.52 Å². The number of rotatable bonds is 2. The minimum Gasteiger partial charge on any atom is -0.505 e. The number of aldehydes is 1. The van der Waals surface area contributed by atoms with Crippen molar-refractivity contribution in [3.05, 3.63) is 40.1 Å². The minimum atomic E-state index is -0.172. The third kappa shape index (κ3) is 1.92. The number of benzene rings is 1. The zero-order valence-electron chi connectivity index (χ0n) is 7.91. The monoisotopic (exact) mass is 256 g/mol. The number of halogens is 2. The highest BCUT2D eigenvalue weighted by atomic mass is 35.5. The van der Waals surface area contributed by atoms with Crippen molar-refractivity contribution in [2.75, 3.05) is 0 Å². The Morgan fingerprint density at radius 3 is 2.31 bits per heavy atom. The lowest BCUT2D eigenvalue weighted by atomic mass is 10.1. The van der Waals surface area contributed by atoms with Crippen LogP contribution in [0.25, 0.3) is 11.3 Å². The van der Waals surface area contributed by atoms with Gasteiger partial charge in [-0.3, -0.25) is 4.79 Å². The Kier molecular flexibility index (Phi) is 2.90. The first kappa shape index (κ1) is 11.0. The van der Waals surface area contributed by atoms with E-state index in [1.807, 2.05) is 0 Å². The average Bonchev–Trinajstić information content (AvgIpc) is 2.73. The number of carbonyl (C=O) groups excluding carboxylic acids is 1. The van der Waals surface area contributed by atoms with Crippen molar-refractivity contribution in [3.8, 4) is 17.1 Å². The predicted octanol–water partition coefficient (Wildman–Crippen LogP) is 3.77. The van der Waals surface area contributed by atoms with Crippen LogP contribution in [0.15, 0.2) is 28.7 Å². The SMILES string of the molecule is O=Cc1ccc(-c2cc(Cl)c(O)c(Cl)c2)o1. The standard InChI is InChI=1S/C11H6Cl2O3/c12-8-3-6(4-9(13)11(8)15)10-2-1-7(5-14)16-10/h1-5,15H. The van der Waals surface area contributed by atoms with Gasteiger partial charge in [-0.25, -0.2) is 0 Å². The molecule has 1 aromatic heterocycles. The number of furan rings is 1. The number of aromatic hydroxyl groups is 1. The van der Waals surface area contributed by atoms with Crippen molar-refractivity contribution in [2.24, 2.45) is 0 Å². The molecular formula is C11H6Cl2O3. The molecule has 0 unspecified atom stereocenters. The molecule has 0 spiro atoms. The number of hydrogen-bond acceptors (Lipinski definition) is 3. The molecule has 0 amide bonds. The second-order valence-electron chi connectivity index (χ2n) is 3.11. The fraction of sp³-hybridized carbons (Fsp3) is 0. The zero-order valence-corrected chi connectivity index (χ0v) is 9.42. The van der Waals surface area contributed by atoms with Crippen LogP contribution in [0.3, 0.4) is 0 Å². The van der Waals surface area contributed by atoms with Gasteiger partial charge >= 0.3 is 0 Å². The normalized spacial score (nSPS) is 10.4. The van der Waals surface area contributed by atoms with Crippen molar-refractivity contribution in [3.63, 3.8) is 0 Å². The summed E-state index contributed by atoms with van der Waals surface area (Å²) in [5.74, 6) is 0.510. The first-order chi connectivity index (χ1) is 7.61. The number of hydrogen-bond donors (Lipinski definition) is 1. The molecule has 0 aliphatic heterocycles. The molecule has 0 aliphatic carbocycles. The lowest BCUT2D eigenvalue weighted by Crippen LogP contribution is -1.77. The van der Waals surface area contributed by atoms with Crippen LogP contribution in [-0.4, -0.2) is 11.4 Å². The van der Waals surface area contributed by atoms with Gasteiger partial charge in [-0.2, -0.15) is 0 Å². The van der Waals surface area contributed by atoms with E-state index in [-0.39, 0.29) is 21.6 Å². The number of phenols is 1. The minimum absolute atomic E-state index is 0.131. The van der Waals surface area contributed by atoms with Gasteiger partial charge in [0.1, 0.15) is 5.76 Å². The second kappa shape index (κ2) is 4.20. The van der Waals surface area contributed by atoms with Crippen LogP contribution in [0, 0.1) is 0 Å². The van der Waals surface area contributed by atoms with Crippen LogP contribution < -0.4 is 0 Å². The Morgan fingerprint density at radius 1 is 1.19 bits per heavy atom.